The van der Waals surface area contributed by atoms with Gasteiger partial charge in [-0.1, -0.05) is 35.3 Å². The number of hydrogen-bond donors (Lipinski definition) is 3. The molecule has 3 aromatic carbocycles. The number of para-hydroxylation sites is 1. The van der Waals surface area contributed by atoms with Crippen molar-refractivity contribution in [2.75, 3.05) is 22.5 Å². The van der Waals surface area contributed by atoms with Gasteiger partial charge in [0.05, 0.1) is 17.8 Å². The Labute approximate surface area is 176 Å². The predicted octanol–water partition coefficient (Wildman–Crippen LogP) is 5.44. The Morgan fingerprint density at radius 3 is 2.24 bits per heavy atom. The molecule has 0 fully saturated rings. The van der Waals surface area contributed by atoms with Crippen LogP contribution in [0.2, 0.25) is 10.0 Å². The number of carbonyl (C=O) groups excluding carboxylic acids is 2. The Balaban J connectivity index is 1.64. The molecule has 0 bridgehead atoms. The van der Waals surface area contributed by atoms with Gasteiger partial charge in [-0.25, -0.2) is 4.39 Å². The summed E-state index contributed by atoms with van der Waals surface area (Å²) in [6.07, 6.45) is 0. The second kappa shape index (κ2) is 9.41. The number of nitrogens with one attached hydrogen (secondary N) is 3. The lowest BCUT2D eigenvalue weighted by Crippen LogP contribution is -2.23. The summed E-state index contributed by atoms with van der Waals surface area (Å²) in [6, 6.07) is 17.4. The van der Waals surface area contributed by atoms with Crippen molar-refractivity contribution in [1.29, 1.82) is 0 Å². The monoisotopic (exact) mass is 431 g/mol. The largest absolute Gasteiger partial charge is 0.376 e. The van der Waals surface area contributed by atoms with Gasteiger partial charge in [0.1, 0.15) is 5.82 Å². The van der Waals surface area contributed by atoms with Crippen LogP contribution in [0.3, 0.4) is 0 Å². The zero-order chi connectivity index (χ0) is 20.8. The zero-order valence-corrected chi connectivity index (χ0v) is 16.5. The van der Waals surface area contributed by atoms with Crippen LogP contribution in [0.25, 0.3) is 0 Å². The third-order valence-corrected chi connectivity index (χ3v) is 4.41. The van der Waals surface area contributed by atoms with Gasteiger partial charge in [-0.2, -0.15) is 0 Å². The van der Waals surface area contributed by atoms with Crippen LogP contribution in [0, 0.1) is 5.82 Å². The highest BCUT2D eigenvalue weighted by Gasteiger charge is 2.13. The van der Waals surface area contributed by atoms with Crippen LogP contribution < -0.4 is 16.0 Å². The minimum Gasteiger partial charge on any atom is -0.376 e. The molecule has 0 aliphatic heterocycles. The first-order valence-electron chi connectivity index (χ1n) is 8.57. The molecular weight excluding hydrogens is 416 g/mol. The fraction of sp³-hybridized carbons (Fsp3) is 0.0476. The number of amides is 2. The smallest absolute Gasteiger partial charge is 0.257 e. The molecule has 8 heteroatoms. The van der Waals surface area contributed by atoms with E-state index in [9.17, 15) is 14.0 Å². The van der Waals surface area contributed by atoms with E-state index in [1.165, 1.54) is 12.1 Å². The van der Waals surface area contributed by atoms with Crippen LogP contribution in [-0.2, 0) is 4.79 Å². The molecule has 0 heterocycles. The Bertz CT molecular complexity index is 1040. The van der Waals surface area contributed by atoms with E-state index in [2.05, 4.69) is 16.0 Å². The van der Waals surface area contributed by atoms with Crippen LogP contribution >= 0.6 is 23.2 Å². The Kier molecular flexibility index (Phi) is 6.69. The molecule has 0 saturated carbocycles. The van der Waals surface area contributed by atoms with Crippen molar-refractivity contribution in [3.05, 3.63) is 88.2 Å². The normalized spacial score (nSPS) is 10.3. The molecule has 3 N–H and O–H groups in total. The predicted molar refractivity (Wildman–Crippen MR) is 114 cm³/mol. The summed E-state index contributed by atoms with van der Waals surface area (Å²) in [5.74, 6) is -1.45. The Morgan fingerprint density at radius 1 is 0.828 bits per heavy atom. The van der Waals surface area contributed by atoms with E-state index in [0.717, 1.165) is 6.07 Å². The lowest BCUT2D eigenvalue weighted by molar-refractivity contribution is -0.114. The first-order chi connectivity index (χ1) is 13.9. The fourth-order valence-corrected chi connectivity index (χ4v) is 2.81. The van der Waals surface area contributed by atoms with E-state index in [-0.39, 0.29) is 23.2 Å². The fourth-order valence-electron chi connectivity index (χ4n) is 2.53. The summed E-state index contributed by atoms with van der Waals surface area (Å²) in [6.45, 7) is -0.159. The molecule has 0 aromatic heterocycles. The molecule has 0 aliphatic rings. The maximum atomic E-state index is 13.8. The minimum absolute atomic E-state index is 0.0231. The van der Waals surface area contributed by atoms with Gasteiger partial charge in [-0.05, 0) is 54.6 Å². The first-order valence-corrected chi connectivity index (χ1v) is 9.32. The van der Waals surface area contributed by atoms with Gasteiger partial charge in [0.2, 0.25) is 5.91 Å². The van der Waals surface area contributed by atoms with Crippen molar-refractivity contribution in [3.8, 4) is 0 Å². The number of carbonyl (C=O) groups is 2. The second-order valence-corrected chi connectivity index (χ2v) is 6.91. The van der Waals surface area contributed by atoms with E-state index in [0.29, 0.717) is 22.0 Å². The molecule has 0 spiro atoms. The maximum Gasteiger partial charge on any atom is 0.257 e. The molecule has 2 amide bonds. The second-order valence-electron chi connectivity index (χ2n) is 6.03. The lowest BCUT2D eigenvalue weighted by atomic mass is 10.1. The van der Waals surface area contributed by atoms with E-state index in [1.54, 1.807) is 48.5 Å². The van der Waals surface area contributed by atoms with Crippen LogP contribution in [0.4, 0.5) is 21.5 Å². The zero-order valence-electron chi connectivity index (χ0n) is 15.0. The maximum absolute atomic E-state index is 13.8. The van der Waals surface area contributed by atoms with E-state index >= 15 is 0 Å². The van der Waals surface area contributed by atoms with Crippen LogP contribution in [0.5, 0.6) is 0 Å². The molecule has 0 saturated heterocycles. The van der Waals surface area contributed by atoms with E-state index in [1.807, 2.05) is 0 Å². The molecule has 5 nitrogen and oxygen atoms in total. The topological polar surface area (TPSA) is 70.2 Å². The average molecular weight is 432 g/mol. The highest BCUT2D eigenvalue weighted by atomic mass is 35.5. The van der Waals surface area contributed by atoms with Gasteiger partial charge >= 0.3 is 0 Å². The third-order valence-electron chi connectivity index (χ3n) is 3.92. The van der Waals surface area contributed by atoms with Crippen molar-refractivity contribution < 1.29 is 14.0 Å². The van der Waals surface area contributed by atoms with Crippen LogP contribution in [0.15, 0.2) is 66.7 Å². The number of rotatable bonds is 6. The van der Waals surface area contributed by atoms with Crippen molar-refractivity contribution in [2.45, 2.75) is 0 Å². The van der Waals surface area contributed by atoms with Crippen LogP contribution in [-0.4, -0.2) is 18.4 Å². The van der Waals surface area contributed by atoms with Gasteiger partial charge in [-0.3, -0.25) is 9.59 Å². The highest BCUT2D eigenvalue weighted by molar-refractivity contribution is 6.31. The van der Waals surface area contributed by atoms with Gasteiger partial charge in [0, 0.05) is 21.4 Å². The molecule has 29 heavy (non-hydrogen) atoms. The molecule has 0 aliphatic carbocycles. The number of halogens is 3. The molecule has 3 aromatic rings. The van der Waals surface area contributed by atoms with Gasteiger partial charge in [0.25, 0.3) is 5.91 Å². The lowest BCUT2D eigenvalue weighted by Gasteiger charge is -2.13. The van der Waals surface area contributed by atoms with Crippen molar-refractivity contribution >= 4 is 52.1 Å². The summed E-state index contributed by atoms with van der Waals surface area (Å²) in [5.41, 5.74) is 1.43. The van der Waals surface area contributed by atoms with Crippen LogP contribution in [0.1, 0.15) is 10.4 Å². The Hall–Kier alpha value is -3.09. The number of hydrogen-bond acceptors (Lipinski definition) is 3. The summed E-state index contributed by atoms with van der Waals surface area (Å²) in [4.78, 5) is 24.7. The van der Waals surface area contributed by atoms with Crippen molar-refractivity contribution in [1.82, 2.24) is 0 Å². The molecule has 3 rings (SSSR count). The summed E-state index contributed by atoms with van der Waals surface area (Å²) >= 11 is 11.5. The summed E-state index contributed by atoms with van der Waals surface area (Å²) in [5, 5.41) is 8.92. The molecule has 148 valence electrons. The summed E-state index contributed by atoms with van der Waals surface area (Å²) in [7, 11) is 0. The quantitative estimate of drug-likeness (QED) is 0.486. The van der Waals surface area contributed by atoms with E-state index < -0.39 is 11.7 Å². The Morgan fingerprint density at radius 2 is 1.52 bits per heavy atom. The van der Waals surface area contributed by atoms with Crippen molar-refractivity contribution in [3.63, 3.8) is 0 Å². The van der Waals surface area contributed by atoms with E-state index in [4.69, 9.17) is 23.2 Å². The molecule has 0 unspecified atom stereocenters. The average Bonchev–Trinajstić information content (AvgIpc) is 2.70. The SMILES string of the molecule is O=C(CNc1ccccc1C(=O)Nc1ccc(Cl)cc1)Nc1ccc(Cl)cc1F. The first kappa shape index (κ1) is 20.6. The molecule has 0 atom stereocenters. The number of anilines is 3. The highest BCUT2D eigenvalue weighted by Crippen LogP contribution is 2.20. The molecule has 0 radical (unpaired) electrons. The van der Waals surface area contributed by atoms with Gasteiger partial charge < -0.3 is 16.0 Å². The third kappa shape index (κ3) is 5.70. The van der Waals surface area contributed by atoms with Crippen molar-refractivity contribution in [2.24, 2.45) is 0 Å². The molecular formula is C21H16Cl2FN3O2. The minimum atomic E-state index is -0.631. The standard InChI is InChI=1S/C21H16Cl2FN3O2/c22-13-5-8-15(9-6-13)26-21(29)16-3-1-2-4-18(16)25-12-20(28)27-19-10-7-14(23)11-17(19)24/h1-11,25H,12H2,(H,26,29)(H,27,28). The van der Waals surface area contributed by atoms with Gasteiger partial charge in [0.15, 0.2) is 0 Å². The van der Waals surface area contributed by atoms with Gasteiger partial charge in [-0.15, -0.1) is 0 Å². The number of benzene rings is 3. The summed E-state index contributed by atoms with van der Waals surface area (Å²) < 4.78 is 13.8.